The van der Waals surface area contributed by atoms with E-state index in [4.69, 9.17) is 4.74 Å². The van der Waals surface area contributed by atoms with Gasteiger partial charge in [-0.25, -0.2) is 9.18 Å². The summed E-state index contributed by atoms with van der Waals surface area (Å²) in [5, 5.41) is 0. The van der Waals surface area contributed by atoms with E-state index < -0.39 is 23.7 Å². The van der Waals surface area contributed by atoms with Gasteiger partial charge in [-0.1, -0.05) is 0 Å². The molecule has 0 radical (unpaired) electrons. The molecule has 1 atom stereocenters. The Kier molecular flexibility index (Phi) is 6.69. The predicted molar refractivity (Wildman–Crippen MR) is 91.7 cm³/mol. The highest BCUT2D eigenvalue weighted by Gasteiger charge is 2.32. The van der Waals surface area contributed by atoms with Gasteiger partial charge in [0.15, 0.2) is 6.10 Å². The molecule has 0 saturated carbocycles. The van der Waals surface area contributed by atoms with Gasteiger partial charge in [0.05, 0.1) is 0 Å². The summed E-state index contributed by atoms with van der Waals surface area (Å²) in [4.78, 5) is 49.3. The third-order valence-corrected chi connectivity index (χ3v) is 3.84. The number of halogens is 1. The van der Waals surface area contributed by atoms with E-state index in [1.165, 1.54) is 43.1 Å². The number of hydrogen-bond donors (Lipinski definition) is 2. The number of carbonyl (C=O) groups excluding carboxylic acids is 4. The lowest BCUT2D eigenvalue weighted by Gasteiger charge is -2.16. The zero-order valence-electron chi connectivity index (χ0n) is 15.0. The monoisotopic (exact) mass is 380 g/mol. The van der Waals surface area contributed by atoms with Crippen LogP contribution in [0.5, 0.6) is 5.75 Å². The van der Waals surface area contributed by atoms with Gasteiger partial charge in [0.1, 0.15) is 18.1 Å². The molecule has 1 aromatic carbocycles. The Morgan fingerprint density at radius 2 is 1.89 bits per heavy atom. The Morgan fingerprint density at radius 3 is 2.48 bits per heavy atom. The van der Waals surface area contributed by atoms with Crippen molar-refractivity contribution in [2.45, 2.75) is 25.9 Å². The lowest BCUT2D eigenvalue weighted by Crippen LogP contribution is -2.47. The summed E-state index contributed by atoms with van der Waals surface area (Å²) in [6.07, 6.45) is -0.616. The van der Waals surface area contributed by atoms with Crippen LogP contribution in [-0.2, 0) is 14.4 Å². The number of rotatable bonds is 7. The Labute approximate surface area is 155 Å². The van der Waals surface area contributed by atoms with Crippen molar-refractivity contribution in [2.75, 3.05) is 20.1 Å². The molecule has 0 aromatic heterocycles. The third-order valence-electron chi connectivity index (χ3n) is 3.84. The molecule has 1 aliphatic rings. The average Bonchev–Trinajstić information content (AvgIpc) is 2.87. The quantitative estimate of drug-likeness (QED) is 0.526. The van der Waals surface area contributed by atoms with Crippen molar-refractivity contribution >= 4 is 23.8 Å². The van der Waals surface area contributed by atoms with Crippen LogP contribution in [0, 0.1) is 5.82 Å². The maximum atomic E-state index is 12.8. The summed E-state index contributed by atoms with van der Waals surface area (Å²) in [5.74, 6) is -1.46. The van der Waals surface area contributed by atoms with Gasteiger partial charge in [0, 0.05) is 20.0 Å². The lowest BCUT2D eigenvalue weighted by molar-refractivity contribution is -0.132. The minimum Gasteiger partial charge on any atom is -0.481 e. The Balaban J connectivity index is 1.67. The summed E-state index contributed by atoms with van der Waals surface area (Å²) in [6, 6.07) is 4.79. The fraction of sp³-hybridized carbons (Fsp3) is 0.412. The second kappa shape index (κ2) is 8.97. The van der Waals surface area contributed by atoms with E-state index in [2.05, 4.69) is 10.9 Å². The van der Waals surface area contributed by atoms with Crippen LogP contribution < -0.4 is 15.6 Å². The number of benzene rings is 1. The number of carbonyl (C=O) groups is 4. The van der Waals surface area contributed by atoms with E-state index >= 15 is 0 Å². The number of nitrogens with one attached hydrogen (secondary N) is 2. The van der Waals surface area contributed by atoms with E-state index in [-0.39, 0.29) is 37.9 Å². The van der Waals surface area contributed by atoms with Crippen molar-refractivity contribution in [3.63, 3.8) is 0 Å². The van der Waals surface area contributed by atoms with Crippen LogP contribution in [0.1, 0.15) is 19.8 Å². The van der Waals surface area contributed by atoms with Crippen molar-refractivity contribution in [3.8, 4) is 5.75 Å². The van der Waals surface area contributed by atoms with Crippen LogP contribution in [0.2, 0.25) is 0 Å². The van der Waals surface area contributed by atoms with E-state index in [9.17, 15) is 23.6 Å². The molecule has 5 amide bonds. The number of ether oxygens (including phenoxy) is 1. The molecule has 1 aliphatic heterocycles. The highest BCUT2D eigenvalue weighted by molar-refractivity contribution is 6.01. The van der Waals surface area contributed by atoms with Gasteiger partial charge < -0.3 is 9.64 Å². The molecule has 2 N–H and O–H groups in total. The maximum absolute atomic E-state index is 12.8. The first-order valence-electron chi connectivity index (χ1n) is 8.34. The molecule has 1 aromatic rings. The van der Waals surface area contributed by atoms with Gasteiger partial charge in [-0.05, 0) is 37.6 Å². The van der Waals surface area contributed by atoms with Crippen molar-refractivity contribution in [1.82, 2.24) is 20.7 Å². The number of amides is 5. The van der Waals surface area contributed by atoms with E-state index in [0.717, 1.165) is 4.90 Å². The van der Waals surface area contributed by atoms with Gasteiger partial charge in [0.2, 0.25) is 11.8 Å². The molecular formula is C17H21FN4O5. The molecule has 1 heterocycles. The second-order valence-corrected chi connectivity index (χ2v) is 6.04. The summed E-state index contributed by atoms with van der Waals surface area (Å²) in [6.45, 7) is 1.65. The van der Waals surface area contributed by atoms with Crippen molar-refractivity contribution in [2.24, 2.45) is 0 Å². The topological polar surface area (TPSA) is 108 Å². The zero-order chi connectivity index (χ0) is 20.0. The Hall–Kier alpha value is -3.17. The third kappa shape index (κ3) is 5.66. The van der Waals surface area contributed by atoms with Gasteiger partial charge in [-0.3, -0.25) is 30.1 Å². The van der Waals surface area contributed by atoms with Crippen molar-refractivity contribution in [3.05, 3.63) is 30.1 Å². The van der Waals surface area contributed by atoms with Crippen LogP contribution in [0.3, 0.4) is 0 Å². The van der Waals surface area contributed by atoms with Crippen LogP contribution >= 0.6 is 0 Å². The van der Waals surface area contributed by atoms with Crippen LogP contribution in [0.25, 0.3) is 0 Å². The first-order valence-corrected chi connectivity index (χ1v) is 8.34. The molecule has 1 fully saturated rings. The van der Waals surface area contributed by atoms with Crippen molar-refractivity contribution in [1.29, 1.82) is 0 Å². The van der Waals surface area contributed by atoms with Gasteiger partial charge in [0.25, 0.3) is 5.91 Å². The molecule has 146 valence electrons. The molecule has 2 rings (SSSR count). The van der Waals surface area contributed by atoms with E-state index in [0.29, 0.717) is 5.75 Å². The summed E-state index contributed by atoms with van der Waals surface area (Å²) < 4.78 is 18.2. The zero-order valence-corrected chi connectivity index (χ0v) is 15.0. The second-order valence-electron chi connectivity index (χ2n) is 6.04. The summed E-state index contributed by atoms with van der Waals surface area (Å²) in [5.41, 5.74) is 4.46. The smallest absolute Gasteiger partial charge is 0.326 e. The molecule has 0 unspecified atom stereocenters. The summed E-state index contributed by atoms with van der Waals surface area (Å²) in [7, 11) is 1.53. The first kappa shape index (κ1) is 20.1. The number of urea groups is 1. The highest BCUT2D eigenvalue weighted by Crippen LogP contribution is 2.13. The van der Waals surface area contributed by atoms with E-state index in [1.807, 2.05) is 0 Å². The van der Waals surface area contributed by atoms with Gasteiger partial charge in [-0.15, -0.1) is 0 Å². The average molecular weight is 380 g/mol. The number of hydrazine groups is 1. The van der Waals surface area contributed by atoms with E-state index in [1.54, 1.807) is 0 Å². The molecule has 0 aliphatic carbocycles. The molecule has 9 nitrogen and oxygen atoms in total. The molecule has 27 heavy (non-hydrogen) atoms. The minimum atomic E-state index is -0.911. The molecule has 0 spiro atoms. The fourth-order valence-corrected chi connectivity index (χ4v) is 2.35. The normalized spacial score (nSPS) is 14.9. The molecule has 0 bridgehead atoms. The SMILES string of the molecule is C[C@H](Oc1ccc(F)cc1)C(=O)NNC(=O)CCCN1C(=O)CN(C)C1=O. The van der Waals surface area contributed by atoms with Gasteiger partial charge in [-0.2, -0.15) is 0 Å². The molecule has 1 saturated heterocycles. The number of likely N-dealkylation sites (N-methyl/N-ethyl adjacent to an activating group) is 1. The number of hydrogen-bond acceptors (Lipinski definition) is 5. The highest BCUT2D eigenvalue weighted by atomic mass is 19.1. The molecule has 10 heteroatoms. The number of nitrogens with zero attached hydrogens (tertiary/aromatic N) is 2. The van der Waals surface area contributed by atoms with Crippen LogP contribution in [0.4, 0.5) is 9.18 Å². The Bertz CT molecular complexity index is 725. The minimum absolute atomic E-state index is 0.0221. The number of imide groups is 1. The van der Waals surface area contributed by atoms with Crippen LogP contribution in [0.15, 0.2) is 24.3 Å². The van der Waals surface area contributed by atoms with Crippen molar-refractivity contribution < 1.29 is 28.3 Å². The fourth-order valence-electron chi connectivity index (χ4n) is 2.35. The standard InChI is InChI=1S/C17H21FN4O5/c1-11(27-13-7-5-12(18)6-8-13)16(25)20-19-14(23)4-3-9-22-15(24)10-21(2)17(22)26/h5-8,11H,3-4,9-10H2,1-2H3,(H,19,23)(H,20,25)/t11-/m0/s1. The largest absolute Gasteiger partial charge is 0.481 e. The maximum Gasteiger partial charge on any atom is 0.326 e. The Morgan fingerprint density at radius 1 is 1.22 bits per heavy atom. The first-order chi connectivity index (χ1) is 12.8. The van der Waals surface area contributed by atoms with Crippen LogP contribution in [-0.4, -0.2) is 59.8 Å². The summed E-state index contributed by atoms with van der Waals surface area (Å²) >= 11 is 0. The predicted octanol–water partition coefficient (Wildman–Crippen LogP) is 0.415. The van der Waals surface area contributed by atoms with Gasteiger partial charge >= 0.3 is 6.03 Å². The molecular weight excluding hydrogens is 359 g/mol. The lowest BCUT2D eigenvalue weighted by atomic mass is 10.3.